The molecule has 0 saturated heterocycles. The predicted octanol–water partition coefficient (Wildman–Crippen LogP) is 3.02. The Hall–Kier alpha value is -0.780. The fourth-order valence-electron chi connectivity index (χ4n) is 1.76. The lowest BCUT2D eigenvalue weighted by atomic mass is 9.88. The van der Waals surface area contributed by atoms with Gasteiger partial charge in [0, 0.05) is 12.4 Å². The summed E-state index contributed by atoms with van der Waals surface area (Å²) in [6, 6.07) is 6.33. The van der Waals surface area contributed by atoms with Gasteiger partial charge in [0.05, 0.1) is 12.0 Å². The van der Waals surface area contributed by atoms with E-state index < -0.39 is 10.0 Å². The molecule has 0 unspecified atom stereocenters. The van der Waals surface area contributed by atoms with Crippen LogP contribution in [0.5, 0.6) is 5.75 Å². The van der Waals surface area contributed by atoms with Crippen molar-refractivity contribution in [2.75, 3.05) is 19.5 Å². The van der Waals surface area contributed by atoms with Crippen molar-refractivity contribution >= 4 is 21.6 Å². The van der Waals surface area contributed by atoms with E-state index in [1.54, 1.807) is 19.2 Å². The molecule has 1 rings (SSSR count). The molecule has 6 heteroatoms. The van der Waals surface area contributed by atoms with Crippen LogP contribution in [0.4, 0.5) is 0 Å². The molecule has 0 bridgehead atoms. The lowest BCUT2D eigenvalue weighted by Gasteiger charge is -2.24. The van der Waals surface area contributed by atoms with Gasteiger partial charge in [0.25, 0.3) is 0 Å². The van der Waals surface area contributed by atoms with Crippen LogP contribution in [0.1, 0.15) is 26.7 Å². The van der Waals surface area contributed by atoms with Gasteiger partial charge >= 0.3 is 0 Å². The van der Waals surface area contributed by atoms with E-state index in [0.29, 0.717) is 18.2 Å². The Morgan fingerprint density at radius 2 is 1.85 bits per heavy atom. The fourth-order valence-corrected chi connectivity index (χ4v) is 3.14. The third-order valence-electron chi connectivity index (χ3n) is 3.10. The van der Waals surface area contributed by atoms with Crippen LogP contribution in [0.25, 0.3) is 0 Å². The van der Waals surface area contributed by atoms with Crippen molar-refractivity contribution < 1.29 is 13.2 Å². The van der Waals surface area contributed by atoms with Crippen molar-refractivity contribution in [2.24, 2.45) is 5.41 Å². The van der Waals surface area contributed by atoms with Gasteiger partial charge in [-0.1, -0.05) is 13.8 Å². The number of rotatable bonds is 8. The Bertz CT molecular complexity index is 512. The Morgan fingerprint density at radius 3 is 2.35 bits per heavy atom. The second-order valence-electron chi connectivity index (χ2n) is 5.46. The van der Waals surface area contributed by atoms with Crippen molar-refractivity contribution in [2.45, 2.75) is 31.6 Å². The van der Waals surface area contributed by atoms with Crippen LogP contribution in [0.2, 0.25) is 0 Å². The number of benzene rings is 1. The van der Waals surface area contributed by atoms with Crippen LogP contribution >= 0.6 is 11.6 Å². The summed E-state index contributed by atoms with van der Waals surface area (Å²) in [7, 11) is -1.94. The smallest absolute Gasteiger partial charge is 0.240 e. The number of hydrogen-bond donors (Lipinski definition) is 1. The molecule has 0 spiro atoms. The first kappa shape index (κ1) is 17.3. The molecule has 0 aliphatic rings. The van der Waals surface area contributed by atoms with Crippen LogP contribution in [0.15, 0.2) is 29.2 Å². The first-order chi connectivity index (χ1) is 9.30. The van der Waals surface area contributed by atoms with Crippen molar-refractivity contribution in [3.63, 3.8) is 0 Å². The monoisotopic (exact) mass is 319 g/mol. The normalized spacial score (nSPS) is 12.4. The van der Waals surface area contributed by atoms with Gasteiger partial charge in [-0.15, -0.1) is 11.6 Å². The highest BCUT2D eigenvalue weighted by atomic mass is 35.5. The molecule has 0 radical (unpaired) electrons. The van der Waals surface area contributed by atoms with Crippen LogP contribution in [-0.2, 0) is 10.0 Å². The van der Waals surface area contributed by atoms with Crippen LogP contribution in [0.3, 0.4) is 0 Å². The first-order valence-electron chi connectivity index (χ1n) is 6.50. The van der Waals surface area contributed by atoms with Crippen molar-refractivity contribution in [1.29, 1.82) is 0 Å². The maximum Gasteiger partial charge on any atom is 0.240 e. The zero-order valence-corrected chi connectivity index (χ0v) is 13.7. The molecule has 4 nitrogen and oxygen atoms in total. The Balaban J connectivity index is 2.69. The lowest BCUT2D eigenvalue weighted by molar-refractivity contribution is 0.331. The molecular formula is C14H22ClNO3S. The average molecular weight is 320 g/mol. The highest BCUT2D eigenvalue weighted by Gasteiger charge is 2.22. The zero-order chi connectivity index (χ0) is 15.2. The van der Waals surface area contributed by atoms with E-state index in [-0.39, 0.29) is 10.3 Å². The summed E-state index contributed by atoms with van der Waals surface area (Å²) < 4.78 is 32.0. The van der Waals surface area contributed by atoms with E-state index in [1.807, 2.05) is 13.8 Å². The fraction of sp³-hybridized carbons (Fsp3) is 0.571. The summed E-state index contributed by atoms with van der Waals surface area (Å²) in [6.07, 6.45) is 1.75. The van der Waals surface area contributed by atoms with Crippen LogP contribution in [-0.4, -0.2) is 28.0 Å². The summed E-state index contributed by atoms with van der Waals surface area (Å²) in [4.78, 5) is 0.242. The SMILES string of the molecule is COc1ccc(S(=O)(=O)NCC(C)(C)CCCCl)cc1. The van der Waals surface area contributed by atoms with Gasteiger partial charge in [0.2, 0.25) is 10.0 Å². The van der Waals surface area contributed by atoms with Crippen molar-refractivity contribution in [3.05, 3.63) is 24.3 Å². The van der Waals surface area contributed by atoms with Crippen LogP contribution in [0, 0.1) is 5.41 Å². The first-order valence-corrected chi connectivity index (χ1v) is 8.52. The maximum atomic E-state index is 12.2. The molecule has 1 N–H and O–H groups in total. The van der Waals surface area contributed by atoms with E-state index in [1.165, 1.54) is 12.1 Å². The van der Waals surface area contributed by atoms with Crippen molar-refractivity contribution in [1.82, 2.24) is 4.72 Å². The van der Waals surface area contributed by atoms with Crippen LogP contribution < -0.4 is 9.46 Å². The Labute approximate surface area is 126 Å². The molecule has 0 amide bonds. The van der Waals surface area contributed by atoms with E-state index >= 15 is 0 Å². The minimum absolute atomic E-state index is 0.117. The summed E-state index contributed by atoms with van der Waals surface area (Å²) in [5.41, 5.74) is -0.117. The lowest BCUT2D eigenvalue weighted by Crippen LogP contribution is -2.34. The highest BCUT2D eigenvalue weighted by Crippen LogP contribution is 2.23. The quantitative estimate of drug-likeness (QED) is 0.749. The molecule has 20 heavy (non-hydrogen) atoms. The largest absolute Gasteiger partial charge is 0.497 e. The number of ether oxygens (including phenoxy) is 1. The topological polar surface area (TPSA) is 55.4 Å². The Kier molecular flexibility index (Phi) is 6.30. The number of halogens is 1. The zero-order valence-electron chi connectivity index (χ0n) is 12.1. The number of hydrogen-bond acceptors (Lipinski definition) is 3. The Morgan fingerprint density at radius 1 is 1.25 bits per heavy atom. The molecule has 1 aromatic carbocycles. The van der Waals surface area contributed by atoms with Gasteiger partial charge in [0.1, 0.15) is 5.75 Å². The number of sulfonamides is 1. The molecular weight excluding hydrogens is 298 g/mol. The van der Waals surface area contributed by atoms with E-state index in [0.717, 1.165) is 12.8 Å². The van der Waals surface area contributed by atoms with E-state index in [4.69, 9.17) is 16.3 Å². The average Bonchev–Trinajstić information content (AvgIpc) is 2.43. The second kappa shape index (κ2) is 7.29. The standard InChI is InChI=1S/C14H22ClNO3S/c1-14(2,9-4-10-15)11-16-20(17,18)13-7-5-12(19-3)6-8-13/h5-8,16H,4,9-11H2,1-3H3. The molecule has 0 aromatic heterocycles. The van der Waals surface area contributed by atoms with Gasteiger partial charge < -0.3 is 4.74 Å². The summed E-state index contributed by atoms with van der Waals surface area (Å²) in [5.74, 6) is 1.22. The van der Waals surface area contributed by atoms with Gasteiger partial charge in [-0.05, 0) is 42.5 Å². The van der Waals surface area contributed by atoms with Gasteiger partial charge in [-0.3, -0.25) is 0 Å². The molecule has 0 aliphatic heterocycles. The molecule has 1 aromatic rings. The van der Waals surface area contributed by atoms with E-state index in [2.05, 4.69) is 4.72 Å². The van der Waals surface area contributed by atoms with E-state index in [9.17, 15) is 8.42 Å². The number of nitrogens with one attached hydrogen (secondary N) is 1. The summed E-state index contributed by atoms with van der Waals surface area (Å²) in [6.45, 7) is 4.43. The highest BCUT2D eigenvalue weighted by molar-refractivity contribution is 7.89. The second-order valence-corrected chi connectivity index (χ2v) is 7.60. The maximum absolute atomic E-state index is 12.2. The number of alkyl halides is 1. The third kappa shape index (κ3) is 5.31. The summed E-state index contributed by atoms with van der Waals surface area (Å²) >= 11 is 5.67. The number of methoxy groups -OCH3 is 1. The minimum atomic E-state index is -3.48. The predicted molar refractivity (Wildman–Crippen MR) is 81.9 cm³/mol. The summed E-state index contributed by atoms with van der Waals surface area (Å²) in [5, 5.41) is 0. The molecule has 0 heterocycles. The molecule has 114 valence electrons. The minimum Gasteiger partial charge on any atom is -0.497 e. The molecule has 0 atom stereocenters. The van der Waals surface area contributed by atoms with Gasteiger partial charge in [-0.25, -0.2) is 13.1 Å². The van der Waals surface area contributed by atoms with Gasteiger partial charge in [0.15, 0.2) is 0 Å². The molecule has 0 fully saturated rings. The van der Waals surface area contributed by atoms with Gasteiger partial charge in [-0.2, -0.15) is 0 Å². The van der Waals surface area contributed by atoms with Crippen molar-refractivity contribution in [3.8, 4) is 5.75 Å². The molecule has 0 aliphatic carbocycles. The third-order valence-corrected chi connectivity index (χ3v) is 4.78. The molecule has 0 saturated carbocycles.